The SMILES string of the molecule is CCCCN(CC(=O)N1CCN(c2ccc(-c3ccccc3Cl)nn2)CC1)C(=O)c1ccccc1C. The van der Waals surface area contributed by atoms with E-state index in [2.05, 4.69) is 22.0 Å². The van der Waals surface area contributed by atoms with Crippen LogP contribution in [0.3, 0.4) is 0 Å². The van der Waals surface area contributed by atoms with E-state index < -0.39 is 0 Å². The maximum atomic E-state index is 13.2. The van der Waals surface area contributed by atoms with E-state index in [1.54, 1.807) is 4.90 Å². The van der Waals surface area contributed by atoms with E-state index in [0.29, 0.717) is 43.3 Å². The minimum atomic E-state index is -0.0811. The van der Waals surface area contributed by atoms with Crippen LogP contribution in [-0.2, 0) is 4.79 Å². The van der Waals surface area contributed by atoms with E-state index in [4.69, 9.17) is 11.6 Å². The van der Waals surface area contributed by atoms with Gasteiger partial charge in [0.2, 0.25) is 5.91 Å². The van der Waals surface area contributed by atoms with Crippen molar-refractivity contribution in [1.29, 1.82) is 0 Å². The van der Waals surface area contributed by atoms with Crippen LogP contribution < -0.4 is 4.90 Å². The van der Waals surface area contributed by atoms with Crippen LogP contribution in [0.25, 0.3) is 11.3 Å². The van der Waals surface area contributed by atoms with Crippen molar-refractivity contribution >= 4 is 29.2 Å². The molecule has 0 spiro atoms. The lowest BCUT2D eigenvalue weighted by atomic mass is 10.1. The van der Waals surface area contributed by atoms with Crippen LogP contribution >= 0.6 is 11.6 Å². The maximum Gasteiger partial charge on any atom is 0.254 e. The maximum absolute atomic E-state index is 13.2. The third kappa shape index (κ3) is 6.02. The number of benzene rings is 2. The average molecular weight is 506 g/mol. The van der Waals surface area contributed by atoms with E-state index >= 15 is 0 Å². The van der Waals surface area contributed by atoms with Crippen molar-refractivity contribution in [2.24, 2.45) is 0 Å². The van der Waals surface area contributed by atoms with E-state index in [9.17, 15) is 9.59 Å². The molecule has 3 aromatic rings. The van der Waals surface area contributed by atoms with Crippen molar-refractivity contribution in [2.75, 3.05) is 44.2 Å². The highest BCUT2D eigenvalue weighted by Gasteiger charge is 2.26. The molecule has 1 aromatic heterocycles. The fourth-order valence-corrected chi connectivity index (χ4v) is 4.57. The molecule has 1 fully saturated rings. The summed E-state index contributed by atoms with van der Waals surface area (Å²) in [6, 6.07) is 19.0. The number of hydrogen-bond donors (Lipinski definition) is 0. The van der Waals surface area contributed by atoms with Gasteiger partial charge in [-0.3, -0.25) is 9.59 Å². The molecule has 0 aliphatic carbocycles. The van der Waals surface area contributed by atoms with Crippen molar-refractivity contribution < 1.29 is 9.59 Å². The number of hydrogen-bond acceptors (Lipinski definition) is 5. The molecular weight excluding hydrogens is 474 g/mol. The topological polar surface area (TPSA) is 69.6 Å². The number of carbonyl (C=O) groups is 2. The van der Waals surface area contributed by atoms with Crippen LogP contribution in [0, 0.1) is 6.92 Å². The van der Waals surface area contributed by atoms with Gasteiger partial charge < -0.3 is 14.7 Å². The van der Waals surface area contributed by atoms with Gasteiger partial charge in [-0.25, -0.2) is 0 Å². The number of carbonyl (C=O) groups excluding carboxylic acids is 2. The van der Waals surface area contributed by atoms with Crippen LogP contribution in [-0.4, -0.2) is 71.1 Å². The first-order valence-corrected chi connectivity index (χ1v) is 12.8. The number of piperazine rings is 1. The molecule has 2 amide bonds. The molecule has 36 heavy (non-hydrogen) atoms. The first-order chi connectivity index (χ1) is 17.5. The number of anilines is 1. The number of unbranched alkanes of at least 4 members (excludes halogenated alkanes) is 1. The summed E-state index contributed by atoms with van der Waals surface area (Å²) < 4.78 is 0. The first-order valence-electron chi connectivity index (χ1n) is 12.4. The predicted octanol–water partition coefficient (Wildman–Crippen LogP) is 4.70. The molecule has 1 aliphatic heterocycles. The fourth-order valence-electron chi connectivity index (χ4n) is 4.34. The van der Waals surface area contributed by atoms with Crippen molar-refractivity contribution in [1.82, 2.24) is 20.0 Å². The molecule has 0 N–H and O–H groups in total. The molecule has 0 atom stereocenters. The molecular formula is C28H32ClN5O2. The smallest absolute Gasteiger partial charge is 0.254 e. The summed E-state index contributed by atoms with van der Waals surface area (Å²) in [5.74, 6) is 0.674. The minimum Gasteiger partial charge on any atom is -0.352 e. The second-order valence-corrected chi connectivity index (χ2v) is 9.43. The van der Waals surface area contributed by atoms with Crippen LogP contribution in [0.5, 0.6) is 0 Å². The summed E-state index contributed by atoms with van der Waals surface area (Å²) in [5.41, 5.74) is 3.15. The fraction of sp³-hybridized carbons (Fsp3) is 0.357. The third-order valence-electron chi connectivity index (χ3n) is 6.53. The molecule has 2 heterocycles. The Morgan fingerprint density at radius 1 is 0.944 bits per heavy atom. The minimum absolute atomic E-state index is 0.0205. The van der Waals surface area contributed by atoms with E-state index in [1.165, 1.54) is 0 Å². The van der Waals surface area contributed by atoms with Gasteiger partial charge in [0.1, 0.15) is 6.54 Å². The molecule has 2 aromatic carbocycles. The molecule has 8 heteroatoms. The summed E-state index contributed by atoms with van der Waals surface area (Å²) >= 11 is 6.28. The van der Waals surface area contributed by atoms with E-state index in [0.717, 1.165) is 35.5 Å². The summed E-state index contributed by atoms with van der Waals surface area (Å²) in [6.07, 6.45) is 1.82. The zero-order chi connectivity index (χ0) is 25.5. The number of aromatic nitrogens is 2. The van der Waals surface area contributed by atoms with Gasteiger partial charge in [0, 0.05) is 43.9 Å². The standard InChI is InChI=1S/C28H32ClN5O2/c1-3-4-15-34(28(36)22-10-6-5-9-21(22)2)20-27(35)33-18-16-32(17-19-33)26-14-13-25(30-31-26)23-11-7-8-12-24(23)29/h5-14H,3-4,15-20H2,1-2H3. The number of aryl methyl sites for hydroxylation is 1. The van der Waals surface area contributed by atoms with Gasteiger partial charge in [-0.15, -0.1) is 10.2 Å². The Balaban J connectivity index is 1.36. The Hall–Kier alpha value is -3.45. The van der Waals surface area contributed by atoms with Crippen molar-refractivity contribution in [3.63, 3.8) is 0 Å². The summed E-state index contributed by atoms with van der Waals surface area (Å²) in [6.45, 7) is 7.15. The van der Waals surface area contributed by atoms with Crippen LogP contribution in [0.4, 0.5) is 5.82 Å². The number of halogens is 1. The molecule has 1 saturated heterocycles. The average Bonchev–Trinajstić information content (AvgIpc) is 2.91. The van der Waals surface area contributed by atoms with Crippen molar-refractivity contribution in [2.45, 2.75) is 26.7 Å². The first kappa shape index (κ1) is 25.6. The molecule has 0 unspecified atom stereocenters. The van der Waals surface area contributed by atoms with Crippen molar-refractivity contribution in [3.05, 3.63) is 76.8 Å². The highest BCUT2D eigenvalue weighted by atomic mass is 35.5. The normalized spacial score (nSPS) is 13.5. The highest BCUT2D eigenvalue weighted by Crippen LogP contribution is 2.26. The number of nitrogens with zero attached hydrogens (tertiary/aromatic N) is 5. The Morgan fingerprint density at radius 2 is 1.67 bits per heavy atom. The van der Waals surface area contributed by atoms with Gasteiger partial charge in [-0.05, 0) is 43.2 Å². The van der Waals surface area contributed by atoms with Gasteiger partial charge in [0.15, 0.2) is 5.82 Å². The lowest BCUT2D eigenvalue weighted by Gasteiger charge is -2.36. The van der Waals surface area contributed by atoms with Gasteiger partial charge in [-0.2, -0.15) is 0 Å². The lowest BCUT2D eigenvalue weighted by Crippen LogP contribution is -2.52. The van der Waals surface area contributed by atoms with E-state index in [-0.39, 0.29) is 18.4 Å². The molecule has 188 valence electrons. The molecule has 0 radical (unpaired) electrons. The Kier molecular flexibility index (Phi) is 8.54. The zero-order valence-corrected chi connectivity index (χ0v) is 21.6. The quantitative estimate of drug-likeness (QED) is 0.444. The largest absolute Gasteiger partial charge is 0.352 e. The predicted molar refractivity (Wildman–Crippen MR) is 143 cm³/mol. The number of amides is 2. The number of rotatable bonds is 8. The van der Waals surface area contributed by atoms with Gasteiger partial charge in [0.25, 0.3) is 5.91 Å². The van der Waals surface area contributed by atoms with Gasteiger partial charge in [-0.1, -0.05) is 61.3 Å². The monoisotopic (exact) mass is 505 g/mol. The summed E-state index contributed by atoms with van der Waals surface area (Å²) in [5, 5.41) is 9.40. The Morgan fingerprint density at radius 3 is 2.33 bits per heavy atom. The molecule has 0 saturated carbocycles. The third-order valence-corrected chi connectivity index (χ3v) is 6.86. The molecule has 0 bridgehead atoms. The molecule has 7 nitrogen and oxygen atoms in total. The van der Waals surface area contributed by atoms with Crippen LogP contribution in [0.15, 0.2) is 60.7 Å². The Bertz CT molecular complexity index is 1190. The Labute approximate surface area is 217 Å². The van der Waals surface area contributed by atoms with Crippen LogP contribution in [0.2, 0.25) is 5.02 Å². The molecule has 4 rings (SSSR count). The second-order valence-electron chi connectivity index (χ2n) is 9.02. The van der Waals surface area contributed by atoms with Gasteiger partial charge >= 0.3 is 0 Å². The second kappa shape index (κ2) is 12.0. The highest BCUT2D eigenvalue weighted by molar-refractivity contribution is 6.33. The van der Waals surface area contributed by atoms with Gasteiger partial charge in [0.05, 0.1) is 10.7 Å². The lowest BCUT2D eigenvalue weighted by molar-refractivity contribution is -0.132. The zero-order valence-electron chi connectivity index (χ0n) is 20.9. The van der Waals surface area contributed by atoms with Crippen LogP contribution in [0.1, 0.15) is 35.7 Å². The summed E-state index contributed by atoms with van der Waals surface area (Å²) in [4.78, 5) is 32.0. The summed E-state index contributed by atoms with van der Waals surface area (Å²) in [7, 11) is 0. The van der Waals surface area contributed by atoms with Crippen molar-refractivity contribution in [3.8, 4) is 11.3 Å². The molecule has 1 aliphatic rings. The van der Waals surface area contributed by atoms with E-state index in [1.807, 2.05) is 72.5 Å².